The van der Waals surface area contributed by atoms with E-state index < -0.39 is 10.1 Å². The second-order valence-electron chi connectivity index (χ2n) is 5.93. The first kappa shape index (κ1) is 20.0. The van der Waals surface area contributed by atoms with E-state index in [0.717, 1.165) is 30.6 Å². The first-order valence-corrected chi connectivity index (χ1v) is 10.4. The molecule has 0 fully saturated rings. The van der Waals surface area contributed by atoms with Crippen molar-refractivity contribution < 1.29 is 17.3 Å². The molecule has 0 aliphatic rings. The number of unbranched alkanes of at least 4 members (excludes halogenated alkanes) is 7. The molecule has 0 atom stereocenters. The normalized spacial score (nSPS) is 11.6. The minimum Gasteiger partial charge on any atom is -0.494 e. The van der Waals surface area contributed by atoms with Gasteiger partial charge in [-0.2, -0.15) is 8.42 Å². The van der Waals surface area contributed by atoms with Gasteiger partial charge in [-0.1, -0.05) is 64.0 Å². The van der Waals surface area contributed by atoms with Crippen LogP contribution in [0.3, 0.4) is 0 Å². The van der Waals surface area contributed by atoms with Crippen molar-refractivity contribution >= 4 is 10.1 Å². The van der Waals surface area contributed by atoms with Crippen molar-refractivity contribution in [1.29, 1.82) is 0 Å². The summed E-state index contributed by atoms with van der Waals surface area (Å²) in [5.74, 6) is 0.816. The van der Waals surface area contributed by atoms with Gasteiger partial charge in [0.15, 0.2) is 0 Å². The number of rotatable bonds is 13. The summed E-state index contributed by atoms with van der Waals surface area (Å²) in [4.78, 5) is 0. The van der Waals surface area contributed by atoms with E-state index in [0.29, 0.717) is 0 Å². The lowest BCUT2D eigenvalue weighted by atomic mass is 10.1. The summed E-state index contributed by atoms with van der Waals surface area (Å²) in [6.45, 7) is 3.04. The van der Waals surface area contributed by atoms with Gasteiger partial charge >= 0.3 is 0 Å². The van der Waals surface area contributed by atoms with E-state index in [2.05, 4.69) is 6.92 Å². The fraction of sp³-hybridized carbons (Fsp3) is 0.667. The highest BCUT2D eigenvalue weighted by Gasteiger charge is 2.03. The maximum absolute atomic E-state index is 10.9. The van der Waals surface area contributed by atoms with Crippen LogP contribution in [0.15, 0.2) is 24.3 Å². The molecule has 0 unspecified atom stereocenters. The summed E-state index contributed by atoms with van der Waals surface area (Å²) in [5.41, 5.74) is 0.815. The van der Waals surface area contributed by atoms with Crippen LogP contribution in [0.1, 0.15) is 63.9 Å². The van der Waals surface area contributed by atoms with Crippen LogP contribution in [0, 0.1) is 0 Å². The highest BCUT2D eigenvalue weighted by atomic mass is 32.2. The predicted molar refractivity (Wildman–Crippen MR) is 94.2 cm³/mol. The van der Waals surface area contributed by atoms with Crippen molar-refractivity contribution in [3.8, 4) is 5.75 Å². The molecule has 5 heteroatoms. The van der Waals surface area contributed by atoms with E-state index in [1.807, 2.05) is 24.3 Å². The predicted octanol–water partition coefficient (Wildman–Crippen LogP) is 4.68. The van der Waals surface area contributed by atoms with Crippen LogP contribution >= 0.6 is 0 Å². The molecule has 0 N–H and O–H groups in total. The van der Waals surface area contributed by atoms with Gasteiger partial charge in [0.25, 0.3) is 10.1 Å². The Kier molecular flexibility index (Phi) is 9.96. The number of benzene rings is 1. The van der Waals surface area contributed by atoms with Gasteiger partial charge in [0, 0.05) is 0 Å². The Balaban J connectivity index is 2.09. The smallest absolute Gasteiger partial charge is 0.264 e. The molecule has 4 nitrogen and oxygen atoms in total. The highest BCUT2D eigenvalue weighted by molar-refractivity contribution is 7.85. The summed E-state index contributed by atoms with van der Waals surface area (Å²) >= 11 is 0. The molecule has 0 radical (unpaired) electrons. The van der Waals surface area contributed by atoms with Gasteiger partial charge in [-0.05, 0) is 24.1 Å². The second-order valence-corrected chi connectivity index (χ2v) is 7.58. The molecule has 0 amide bonds. The lowest BCUT2D eigenvalue weighted by Gasteiger charge is -2.07. The Morgan fingerprint density at radius 2 is 1.43 bits per heavy atom. The third-order valence-electron chi connectivity index (χ3n) is 3.63. The van der Waals surface area contributed by atoms with E-state index in [-0.39, 0.29) is 6.61 Å². The molecule has 0 aliphatic heterocycles. The molecule has 1 aromatic carbocycles. The Labute approximate surface area is 141 Å². The van der Waals surface area contributed by atoms with E-state index >= 15 is 0 Å². The first-order valence-electron chi connectivity index (χ1n) is 8.57. The minimum absolute atomic E-state index is 0.0666. The Hall–Kier alpha value is -1.07. The molecule has 1 aromatic rings. The zero-order valence-electron chi connectivity index (χ0n) is 14.4. The van der Waals surface area contributed by atoms with Crippen molar-refractivity contribution in [3.63, 3.8) is 0 Å². The summed E-state index contributed by atoms with van der Waals surface area (Å²) in [7, 11) is -3.39. The molecule has 132 valence electrons. The van der Waals surface area contributed by atoms with Crippen LogP contribution in [0.2, 0.25) is 0 Å². The topological polar surface area (TPSA) is 52.6 Å². The third-order valence-corrected chi connectivity index (χ3v) is 4.18. The van der Waals surface area contributed by atoms with Crippen molar-refractivity contribution in [2.24, 2.45) is 0 Å². The van der Waals surface area contributed by atoms with Crippen LogP contribution in [0.4, 0.5) is 0 Å². The average molecular weight is 343 g/mol. The molecule has 0 spiro atoms. The average Bonchev–Trinajstić information content (AvgIpc) is 2.52. The van der Waals surface area contributed by atoms with Crippen LogP contribution in [-0.4, -0.2) is 21.3 Å². The van der Waals surface area contributed by atoms with Gasteiger partial charge in [0.1, 0.15) is 5.75 Å². The second kappa shape index (κ2) is 11.5. The van der Waals surface area contributed by atoms with E-state index in [9.17, 15) is 8.42 Å². The minimum atomic E-state index is -3.39. The highest BCUT2D eigenvalue weighted by Crippen LogP contribution is 2.14. The van der Waals surface area contributed by atoms with Crippen molar-refractivity contribution in [1.82, 2.24) is 0 Å². The van der Waals surface area contributed by atoms with Crippen molar-refractivity contribution in [3.05, 3.63) is 29.8 Å². The first-order chi connectivity index (χ1) is 11.0. The molecule has 0 saturated carbocycles. The molecular formula is C18H30O4S. The number of hydrogen-bond acceptors (Lipinski definition) is 4. The van der Waals surface area contributed by atoms with Gasteiger partial charge in [-0.25, -0.2) is 0 Å². The van der Waals surface area contributed by atoms with Crippen molar-refractivity contribution in [2.45, 2.75) is 64.9 Å². The molecule has 0 bridgehead atoms. The summed E-state index contributed by atoms with van der Waals surface area (Å²) in [5, 5.41) is 0. The van der Waals surface area contributed by atoms with Crippen LogP contribution in [-0.2, 0) is 20.9 Å². The summed E-state index contributed by atoms with van der Waals surface area (Å²) in [6, 6.07) is 7.36. The van der Waals surface area contributed by atoms with Gasteiger partial charge in [0.2, 0.25) is 0 Å². The molecule has 0 aliphatic carbocycles. The fourth-order valence-electron chi connectivity index (χ4n) is 2.28. The van der Waals surface area contributed by atoms with Crippen LogP contribution in [0.25, 0.3) is 0 Å². The van der Waals surface area contributed by atoms with E-state index in [4.69, 9.17) is 8.92 Å². The summed E-state index contributed by atoms with van der Waals surface area (Å²) in [6.07, 6.45) is 11.3. The van der Waals surface area contributed by atoms with Crippen molar-refractivity contribution in [2.75, 3.05) is 12.9 Å². The standard InChI is InChI=1S/C18H30O4S/c1-3-4-5-6-7-8-9-10-15-21-18-13-11-17(12-14-18)16-22-23(2,19)20/h11-14H,3-10,15-16H2,1-2H3. The fourth-order valence-corrected chi connectivity index (χ4v) is 2.63. The van der Waals surface area contributed by atoms with Gasteiger partial charge in [0.05, 0.1) is 19.5 Å². The van der Waals surface area contributed by atoms with Gasteiger partial charge in [-0.15, -0.1) is 0 Å². The van der Waals surface area contributed by atoms with E-state index in [1.165, 1.54) is 44.9 Å². The lowest BCUT2D eigenvalue weighted by molar-refractivity contribution is 0.302. The lowest BCUT2D eigenvalue weighted by Crippen LogP contribution is -2.02. The van der Waals surface area contributed by atoms with Gasteiger partial charge < -0.3 is 4.74 Å². The van der Waals surface area contributed by atoms with Crippen LogP contribution in [0.5, 0.6) is 5.75 Å². The number of hydrogen-bond donors (Lipinski definition) is 0. The third kappa shape index (κ3) is 11.2. The maximum Gasteiger partial charge on any atom is 0.264 e. The zero-order chi connectivity index (χ0) is 17.0. The largest absolute Gasteiger partial charge is 0.494 e. The summed E-state index contributed by atoms with van der Waals surface area (Å²) < 4.78 is 32.3. The maximum atomic E-state index is 10.9. The number of ether oxygens (including phenoxy) is 1. The molecule has 0 heterocycles. The SMILES string of the molecule is CCCCCCCCCCOc1ccc(COS(C)(=O)=O)cc1. The molecule has 0 aromatic heterocycles. The Bertz CT molecular complexity index is 508. The van der Waals surface area contributed by atoms with E-state index in [1.54, 1.807) is 0 Å². The van der Waals surface area contributed by atoms with Gasteiger partial charge in [-0.3, -0.25) is 4.18 Å². The molecule has 1 rings (SSSR count). The molecule has 23 heavy (non-hydrogen) atoms. The molecular weight excluding hydrogens is 312 g/mol. The Morgan fingerprint density at radius 1 is 0.870 bits per heavy atom. The quantitative estimate of drug-likeness (QED) is 0.386. The molecule has 0 saturated heterocycles. The Morgan fingerprint density at radius 3 is 2.00 bits per heavy atom. The van der Waals surface area contributed by atoms with Crippen LogP contribution < -0.4 is 4.74 Å². The monoisotopic (exact) mass is 342 g/mol. The zero-order valence-corrected chi connectivity index (χ0v) is 15.2.